The van der Waals surface area contributed by atoms with Crippen LogP contribution in [0.4, 0.5) is 0 Å². The van der Waals surface area contributed by atoms with Crippen LogP contribution in [0.5, 0.6) is 5.75 Å². The molecule has 3 aromatic rings. The molecule has 1 N–H and O–H groups in total. The number of fused-ring (bicyclic) bond motifs is 1. The first-order chi connectivity index (χ1) is 9.24. The van der Waals surface area contributed by atoms with Gasteiger partial charge in [0.25, 0.3) is 0 Å². The highest BCUT2D eigenvalue weighted by molar-refractivity contribution is 9.10. The quantitative estimate of drug-likeness (QED) is 0.802. The lowest BCUT2D eigenvalue weighted by Gasteiger charge is -2.07. The molecule has 4 nitrogen and oxygen atoms in total. The van der Waals surface area contributed by atoms with Gasteiger partial charge in [0.05, 0.1) is 11.1 Å². The van der Waals surface area contributed by atoms with Gasteiger partial charge in [0.2, 0.25) is 0 Å². The maximum atomic E-state index is 5.78. The molecule has 0 saturated carbocycles. The first-order valence-electron chi connectivity index (χ1n) is 5.90. The van der Waals surface area contributed by atoms with E-state index in [-0.39, 0.29) is 0 Å². The maximum absolute atomic E-state index is 5.78. The summed E-state index contributed by atoms with van der Waals surface area (Å²) in [6, 6.07) is 7.97. The zero-order chi connectivity index (χ0) is 13.2. The summed E-state index contributed by atoms with van der Waals surface area (Å²) in [6.07, 6.45) is 3.40. The predicted octanol–water partition coefficient (Wildman–Crippen LogP) is 3.61. The summed E-state index contributed by atoms with van der Waals surface area (Å²) in [7, 11) is 0. The van der Waals surface area contributed by atoms with Crippen LogP contribution in [0, 0.1) is 6.92 Å². The number of benzene rings is 1. The van der Waals surface area contributed by atoms with E-state index in [1.807, 2.05) is 37.4 Å². The fourth-order valence-corrected chi connectivity index (χ4v) is 2.48. The van der Waals surface area contributed by atoms with Gasteiger partial charge in [0.1, 0.15) is 24.3 Å². The summed E-state index contributed by atoms with van der Waals surface area (Å²) >= 11 is 3.49. The molecule has 0 bridgehead atoms. The van der Waals surface area contributed by atoms with E-state index in [1.165, 1.54) is 5.56 Å². The van der Waals surface area contributed by atoms with Gasteiger partial charge in [-0.1, -0.05) is 12.1 Å². The third-order valence-corrected chi connectivity index (χ3v) is 3.49. The Morgan fingerprint density at radius 2 is 2.21 bits per heavy atom. The largest absolute Gasteiger partial charge is 0.487 e. The molecule has 0 aliphatic heterocycles. The van der Waals surface area contributed by atoms with Crippen molar-refractivity contribution in [1.29, 1.82) is 0 Å². The molecule has 0 aliphatic rings. The third kappa shape index (κ3) is 2.46. The summed E-state index contributed by atoms with van der Waals surface area (Å²) in [6.45, 7) is 2.46. The molecule has 1 aromatic carbocycles. The molecule has 0 fully saturated rings. The van der Waals surface area contributed by atoms with Crippen LogP contribution in [0.25, 0.3) is 11.0 Å². The van der Waals surface area contributed by atoms with E-state index in [0.29, 0.717) is 6.61 Å². The van der Waals surface area contributed by atoms with E-state index < -0.39 is 0 Å². The zero-order valence-electron chi connectivity index (χ0n) is 10.4. The van der Waals surface area contributed by atoms with Crippen LogP contribution in [-0.4, -0.2) is 15.0 Å². The average Bonchev–Trinajstić information content (AvgIpc) is 2.79. The second-order valence-corrected chi connectivity index (χ2v) is 5.14. The second-order valence-electron chi connectivity index (χ2n) is 4.29. The Balaban J connectivity index is 1.88. The fourth-order valence-electron chi connectivity index (χ4n) is 1.95. The molecular formula is C14H12BrN3O. The highest BCUT2D eigenvalue weighted by Gasteiger charge is 2.09. The van der Waals surface area contributed by atoms with Gasteiger partial charge in [-0.15, -0.1) is 0 Å². The van der Waals surface area contributed by atoms with Crippen molar-refractivity contribution < 1.29 is 4.74 Å². The summed E-state index contributed by atoms with van der Waals surface area (Å²) in [5.74, 6) is 0.846. The van der Waals surface area contributed by atoms with Crippen LogP contribution in [-0.2, 0) is 6.61 Å². The van der Waals surface area contributed by atoms with Crippen LogP contribution < -0.4 is 4.74 Å². The number of hydrogen-bond acceptors (Lipinski definition) is 3. The van der Waals surface area contributed by atoms with E-state index in [0.717, 1.165) is 26.9 Å². The topological polar surface area (TPSA) is 50.8 Å². The van der Waals surface area contributed by atoms with Crippen LogP contribution in [0.3, 0.4) is 0 Å². The fraction of sp³-hybridized carbons (Fsp3) is 0.143. The lowest BCUT2D eigenvalue weighted by atomic mass is 10.2. The minimum Gasteiger partial charge on any atom is -0.487 e. The van der Waals surface area contributed by atoms with E-state index in [4.69, 9.17) is 4.74 Å². The van der Waals surface area contributed by atoms with E-state index in [1.54, 1.807) is 6.33 Å². The number of hydrogen-bond donors (Lipinski definition) is 1. The molecule has 0 spiro atoms. The lowest BCUT2D eigenvalue weighted by Crippen LogP contribution is -2.00. The van der Waals surface area contributed by atoms with Gasteiger partial charge in [-0.05, 0) is 40.5 Å². The molecule has 0 amide bonds. The molecule has 19 heavy (non-hydrogen) atoms. The molecule has 2 aromatic heterocycles. The lowest BCUT2D eigenvalue weighted by molar-refractivity contribution is 0.302. The van der Waals surface area contributed by atoms with Gasteiger partial charge >= 0.3 is 0 Å². The Hall–Kier alpha value is -1.88. The Labute approximate surface area is 119 Å². The number of ether oxygens (including phenoxy) is 1. The van der Waals surface area contributed by atoms with Crippen molar-refractivity contribution in [3.8, 4) is 5.75 Å². The molecular weight excluding hydrogens is 306 g/mol. The van der Waals surface area contributed by atoms with Crippen LogP contribution in [0.1, 0.15) is 11.3 Å². The molecule has 0 aliphatic carbocycles. The van der Waals surface area contributed by atoms with Gasteiger partial charge in [0.15, 0.2) is 0 Å². The number of aromatic nitrogens is 3. The molecule has 2 heterocycles. The molecule has 0 atom stereocenters. The molecule has 0 radical (unpaired) electrons. The molecule has 3 rings (SSSR count). The first kappa shape index (κ1) is 12.2. The summed E-state index contributed by atoms with van der Waals surface area (Å²) in [4.78, 5) is 11.6. The molecule has 0 unspecified atom stereocenters. The predicted molar refractivity (Wildman–Crippen MR) is 77.1 cm³/mol. The zero-order valence-corrected chi connectivity index (χ0v) is 11.9. The normalized spacial score (nSPS) is 10.8. The van der Waals surface area contributed by atoms with Crippen molar-refractivity contribution >= 4 is 27.0 Å². The van der Waals surface area contributed by atoms with Crippen LogP contribution in [0.2, 0.25) is 0 Å². The Bertz CT molecular complexity index is 724. The molecule has 96 valence electrons. The van der Waals surface area contributed by atoms with Crippen LogP contribution in [0.15, 0.2) is 41.3 Å². The van der Waals surface area contributed by atoms with Crippen molar-refractivity contribution in [1.82, 2.24) is 15.0 Å². The Morgan fingerprint density at radius 1 is 1.32 bits per heavy atom. The number of rotatable bonds is 3. The Morgan fingerprint density at radius 3 is 3.05 bits per heavy atom. The number of halogens is 1. The number of aromatic amines is 1. The summed E-state index contributed by atoms with van der Waals surface area (Å²) in [5, 5.41) is 0.968. The average molecular weight is 318 g/mol. The standard InChI is InChI=1S/C14H12BrN3O/c1-9-3-2-4-10(5-9)19-7-12-13-11(15)6-16-14(13)18-8-17-12/h2-6,8H,7H2,1H3,(H,16,17,18). The van der Waals surface area contributed by atoms with Gasteiger partial charge < -0.3 is 9.72 Å². The highest BCUT2D eigenvalue weighted by Crippen LogP contribution is 2.25. The van der Waals surface area contributed by atoms with Crippen LogP contribution >= 0.6 is 15.9 Å². The first-order valence-corrected chi connectivity index (χ1v) is 6.69. The second kappa shape index (κ2) is 5.01. The van der Waals surface area contributed by atoms with Gasteiger partial charge in [-0.3, -0.25) is 0 Å². The van der Waals surface area contributed by atoms with Crippen molar-refractivity contribution in [3.05, 3.63) is 52.5 Å². The molecule has 0 saturated heterocycles. The minimum atomic E-state index is 0.416. The monoisotopic (exact) mass is 317 g/mol. The summed E-state index contributed by atoms with van der Waals surface area (Å²) in [5.41, 5.74) is 2.84. The van der Waals surface area contributed by atoms with Gasteiger partial charge in [0, 0.05) is 10.7 Å². The van der Waals surface area contributed by atoms with Gasteiger partial charge in [-0.25, -0.2) is 9.97 Å². The third-order valence-electron chi connectivity index (χ3n) is 2.87. The van der Waals surface area contributed by atoms with Gasteiger partial charge in [-0.2, -0.15) is 0 Å². The smallest absolute Gasteiger partial charge is 0.142 e. The van der Waals surface area contributed by atoms with E-state index >= 15 is 0 Å². The maximum Gasteiger partial charge on any atom is 0.142 e. The van der Waals surface area contributed by atoms with Crippen molar-refractivity contribution in [2.75, 3.05) is 0 Å². The number of nitrogens with zero attached hydrogens (tertiary/aromatic N) is 2. The van der Waals surface area contributed by atoms with Crippen molar-refractivity contribution in [3.63, 3.8) is 0 Å². The highest BCUT2D eigenvalue weighted by atomic mass is 79.9. The van der Waals surface area contributed by atoms with Crippen molar-refractivity contribution in [2.24, 2.45) is 0 Å². The number of nitrogens with one attached hydrogen (secondary N) is 1. The molecule has 5 heteroatoms. The Kier molecular flexibility index (Phi) is 3.21. The summed E-state index contributed by atoms with van der Waals surface area (Å²) < 4.78 is 6.73. The number of aryl methyl sites for hydroxylation is 1. The minimum absolute atomic E-state index is 0.416. The van der Waals surface area contributed by atoms with E-state index in [9.17, 15) is 0 Å². The van der Waals surface area contributed by atoms with Crippen molar-refractivity contribution in [2.45, 2.75) is 13.5 Å². The van der Waals surface area contributed by atoms with E-state index in [2.05, 4.69) is 30.9 Å². The number of H-pyrrole nitrogens is 1. The SMILES string of the molecule is Cc1cccc(OCc2ncnc3[nH]cc(Br)c23)c1.